The van der Waals surface area contributed by atoms with Gasteiger partial charge >= 0.3 is 0 Å². The summed E-state index contributed by atoms with van der Waals surface area (Å²) in [6, 6.07) is 15.9. The zero-order chi connectivity index (χ0) is 21.6. The Morgan fingerprint density at radius 3 is 2.61 bits per heavy atom. The molecule has 2 heterocycles. The molecule has 1 fully saturated rings. The number of nitrogens with one attached hydrogen (secondary N) is 1. The van der Waals surface area contributed by atoms with E-state index in [0.717, 1.165) is 43.6 Å². The van der Waals surface area contributed by atoms with Crippen LogP contribution in [0.1, 0.15) is 6.42 Å². The van der Waals surface area contributed by atoms with E-state index in [1.165, 1.54) is 10.6 Å². The number of piperazine rings is 1. The first-order valence-corrected chi connectivity index (χ1v) is 11.4. The van der Waals surface area contributed by atoms with Gasteiger partial charge in [-0.15, -0.1) is 0 Å². The SMILES string of the molecule is O=C(CN1C(=O)COc2cc(Br)ccc21)NCCCN1CCN(c2ccccc2)CC1. The van der Waals surface area contributed by atoms with E-state index in [2.05, 4.69) is 55.3 Å². The van der Waals surface area contributed by atoms with Crippen LogP contribution in [0.15, 0.2) is 53.0 Å². The third-order valence-electron chi connectivity index (χ3n) is 5.63. The number of fused-ring (bicyclic) bond motifs is 1. The minimum Gasteiger partial charge on any atom is -0.482 e. The van der Waals surface area contributed by atoms with Crippen LogP contribution < -0.4 is 19.9 Å². The normalized spacial score (nSPS) is 16.6. The quantitative estimate of drug-likeness (QED) is 0.609. The second kappa shape index (κ2) is 10.2. The maximum absolute atomic E-state index is 12.4. The van der Waals surface area contributed by atoms with Gasteiger partial charge in [0.15, 0.2) is 6.61 Å². The van der Waals surface area contributed by atoms with Crippen molar-refractivity contribution in [1.82, 2.24) is 10.2 Å². The highest BCUT2D eigenvalue weighted by atomic mass is 79.9. The van der Waals surface area contributed by atoms with Gasteiger partial charge in [0.2, 0.25) is 5.91 Å². The second-order valence-electron chi connectivity index (χ2n) is 7.75. The van der Waals surface area contributed by atoms with E-state index >= 15 is 0 Å². The molecule has 8 heteroatoms. The van der Waals surface area contributed by atoms with Gasteiger partial charge in [-0.1, -0.05) is 34.1 Å². The van der Waals surface area contributed by atoms with Crippen molar-refractivity contribution in [2.45, 2.75) is 6.42 Å². The van der Waals surface area contributed by atoms with Gasteiger partial charge in [0.25, 0.3) is 5.91 Å². The summed E-state index contributed by atoms with van der Waals surface area (Å²) in [5.74, 6) is 0.246. The van der Waals surface area contributed by atoms with Crippen LogP contribution in [-0.2, 0) is 9.59 Å². The highest BCUT2D eigenvalue weighted by Crippen LogP contribution is 2.34. The summed E-state index contributed by atoms with van der Waals surface area (Å²) < 4.78 is 6.34. The molecular formula is C23H27BrN4O3. The van der Waals surface area contributed by atoms with E-state index in [9.17, 15) is 9.59 Å². The molecule has 0 unspecified atom stereocenters. The standard InChI is InChI=1S/C23H27BrN4O3/c24-18-7-8-20-21(15-18)31-17-23(30)28(20)16-22(29)25-9-4-10-26-11-13-27(14-12-26)19-5-2-1-3-6-19/h1-3,5-8,15H,4,9-14,16-17H2,(H,25,29). The molecular weight excluding hydrogens is 460 g/mol. The molecule has 0 bridgehead atoms. The lowest BCUT2D eigenvalue weighted by Gasteiger charge is -2.36. The fourth-order valence-electron chi connectivity index (χ4n) is 3.95. The molecule has 2 aliphatic heterocycles. The number of nitrogens with zero attached hydrogens (tertiary/aromatic N) is 3. The number of hydrogen-bond acceptors (Lipinski definition) is 5. The number of carbonyl (C=O) groups excluding carboxylic acids is 2. The highest BCUT2D eigenvalue weighted by Gasteiger charge is 2.27. The number of ether oxygens (including phenoxy) is 1. The Bertz CT molecular complexity index is 916. The lowest BCUT2D eigenvalue weighted by molar-refractivity contribution is -0.125. The van der Waals surface area contributed by atoms with Gasteiger partial charge in [-0.2, -0.15) is 0 Å². The minimum absolute atomic E-state index is 0.00652. The summed E-state index contributed by atoms with van der Waals surface area (Å²) in [5, 5.41) is 2.95. The van der Waals surface area contributed by atoms with Crippen LogP contribution in [0.3, 0.4) is 0 Å². The van der Waals surface area contributed by atoms with Crippen molar-refractivity contribution in [2.24, 2.45) is 0 Å². The van der Waals surface area contributed by atoms with Crippen molar-refractivity contribution in [3.05, 3.63) is 53.0 Å². The Hall–Kier alpha value is -2.58. The first-order valence-electron chi connectivity index (χ1n) is 10.6. The van der Waals surface area contributed by atoms with Gasteiger partial charge in [-0.05, 0) is 43.3 Å². The molecule has 2 aromatic carbocycles. The van der Waals surface area contributed by atoms with Crippen molar-refractivity contribution in [2.75, 3.05) is 62.2 Å². The smallest absolute Gasteiger partial charge is 0.265 e. The van der Waals surface area contributed by atoms with Crippen LogP contribution in [0.4, 0.5) is 11.4 Å². The van der Waals surface area contributed by atoms with Crippen molar-refractivity contribution in [3.8, 4) is 5.75 Å². The van der Waals surface area contributed by atoms with Crippen molar-refractivity contribution < 1.29 is 14.3 Å². The highest BCUT2D eigenvalue weighted by molar-refractivity contribution is 9.10. The molecule has 7 nitrogen and oxygen atoms in total. The third-order valence-corrected chi connectivity index (χ3v) is 6.13. The van der Waals surface area contributed by atoms with Gasteiger partial charge < -0.3 is 15.0 Å². The lowest BCUT2D eigenvalue weighted by atomic mass is 10.2. The van der Waals surface area contributed by atoms with E-state index < -0.39 is 0 Å². The number of anilines is 2. The Balaban J connectivity index is 1.17. The number of amides is 2. The summed E-state index contributed by atoms with van der Waals surface area (Å²) in [6.07, 6.45) is 0.887. The van der Waals surface area contributed by atoms with Crippen LogP contribution in [-0.4, -0.2) is 69.1 Å². The first kappa shape index (κ1) is 21.6. The van der Waals surface area contributed by atoms with Crippen LogP contribution in [0, 0.1) is 0 Å². The summed E-state index contributed by atoms with van der Waals surface area (Å²) >= 11 is 3.40. The predicted octanol–water partition coefficient (Wildman–Crippen LogP) is 2.50. The summed E-state index contributed by atoms with van der Waals surface area (Å²) in [6.45, 7) is 5.60. The van der Waals surface area contributed by atoms with Crippen LogP contribution in [0.2, 0.25) is 0 Å². The Kier molecular flexibility index (Phi) is 7.09. The topological polar surface area (TPSA) is 65.1 Å². The molecule has 0 spiro atoms. The lowest BCUT2D eigenvalue weighted by Crippen LogP contribution is -2.47. The Morgan fingerprint density at radius 2 is 1.84 bits per heavy atom. The summed E-state index contributed by atoms with van der Waals surface area (Å²) in [4.78, 5) is 31.0. The summed E-state index contributed by atoms with van der Waals surface area (Å²) in [5.41, 5.74) is 1.91. The van der Waals surface area contributed by atoms with Crippen LogP contribution in [0.5, 0.6) is 5.75 Å². The van der Waals surface area contributed by atoms with E-state index in [1.807, 2.05) is 18.2 Å². The average Bonchev–Trinajstić information content (AvgIpc) is 2.79. The number of hydrogen-bond donors (Lipinski definition) is 1. The number of halogens is 1. The number of benzene rings is 2. The van der Waals surface area contributed by atoms with Gasteiger partial charge in [-0.25, -0.2) is 0 Å². The first-order chi connectivity index (χ1) is 15.1. The molecule has 164 valence electrons. The average molecular weight is 487 g/mol. The summed E-state index contributed by atoms with van der Waals surface area (Å²) in [7, 11) is 0. The van der Waals surface area contributed by atoms with Crippen molar-refractivity contribution in [3.63, 3.8) is 0 Å². The molecule has 0 aromatic heterocycles. The predicted molar refractivity (Wildman–Crippen MR) is 125 cm³/mol. The zero-order valence-electron chi connectivity index (χ0n) is 17.4. The van der Waals surface area contributed by atoms with Crippen LogP contribution >= 0.6 is 15.9 Å². The molecule has 2 aromatic rings. The fourth-order valence-corrected chi connectivity index (χ4v) is 4.29. The van der Waals surface area contributed by atoms with E-state index in [4.69, 9.17) is 4.74 Å². The second-order valence-corrected chi connectivity index (χ2v) is 8.66. The number of para-hydroxylation sites is 1. The molecule has 0 atom stereocenters. The fraction of sp³-hybridized carbons (Fsp3) is 0.391. The van der Waals surface area contributed by atoms with Gasteiger partial charge in [0, 0.05) is 42.9 Å². The largest absolute Gasteiger partial charge is 0.482 e. The van der Waals surface area contributed by atoms with E-state index in [1.54, 1.807) is 6.07 Å². The van der Waals surface area contributed by atoms with Gasteiger partial charge in [0.05, 0.1) is 5.69 Å². The molecule has 2 aliphatic rings. The van der Waals surface area contributed by atoms with E-state index in [-0.39, 0.29) is 25.0 Å². The van der Waals surface area contributed by atoms with Crippen molar-refractivity contribution >= 4 is 39.1 Å². The molecule has 0 saturated carbocycles. The van der Waals surface area contributed by atoms with Crippen LogP contribution in [0.25, 0.3) is 0 Å². The molecule has 1 saturated heterocycles. The molecule has 4 rings (SSSR count). The maximum Gasteiger partial charge on any atom is 0.265 e. The van der Waals surface area contributed by atoms with Crippen molar-refractivity contribution in [1.29, 1.82) is 0 Å². The minimum atomic E-state index is -0.207. The molecule has 0 radical (unpaired) electrons. The van der Waals surface area contributed by atoms with E-state index in [0.29, 0.717) is 18.0 Å². The Labute approximate surface area is 191 Å². The molecule has 0 aliphatic carbocycles. The zero-order valence-corrected chi connectivity index (χ0v) is 19.0. The molecule has 2 amide bonds. The van der Waals surface area contributed by atoms with Gasteiger partial charge in [-0.3, -0.25) is 19.4 Å². The molecule has 31 heavy (non-hydrogen) atoms. The number of carbonyl (C=O) groups is 2. The third kappa shape index (κ3) is 5.57. The van der Waals surface area contributed by atoms with Gasteiger partial charge in [0.1, 0.15) is 12.3 Å². The monoisotopic (exact) mass is 486 g/mol. The maximum atomic E-state index is 12.4. The Morgan fingerprint density at radius 1 is 1.06 bits per heavy atom. The molecule has 1 N–H and O–H groups in total. The number of rotatable bonds is 7.